The first-order chi connectivity index (χ1) is 16.8. The van der Waals surface area contributed by atoms with Crippen LogP contribution in [0.4, 0.5) is 0 Å². The molecular formula is C28H31N3O3S. The molecule has 2 heterocycles. The first-order valence-electron chi connectivity index (χ1n) is 11.6. The molecule has 35 heavy (non-hydrogen) atoms. The number of carbonyl (C=O) groups is 2. The maximum atomic E-state index is 13.7. The minimum absolute atomic E-state index is 0.0364. The fraction of sp³-hybridized carbons (Fsp3) is 0.321. The lowest BCUT2D eigenvalue weighted by Crippen LogP contribution is -2.47. The first kappa shape index (κ1) is 24.8. The summed E-state index contributed by atoms with van der Waals surface area (Å²) in [4.78, 5) is 32.8. The number of rotatable bonds is 6. The second-order valence-electron chi connectivity index (χ2n) is 9.59. The van der Waals surface area contributed by atoms with Crippen molar-refractivity contribution in [3.05, 3.63) is 95.3 Å². The van der Waals surface area contributed by atoms with E-state index in [0.29, 0.717) is 23.6 Å². The Labute approximate surface area is 211 Å². The molecule has 0 saturated carbocycles. The summed E-state index contributed by atoms with van der Waals surface area (Å²) < 4.78 is 5.24. The van der Waals surface area contributed by atoms with Gasteiger partial charge in [-0.25, -0.2) is 0 Å². The smallest absolute Gasteiger partial charge is 0.255 e. The zero-order valence-electron chi connectivity index (χ0n) is 20.5. The Kier molecular flexibility index (Phi) is 7.45. The Morgan fingerprint density at radius 1 is 1.09 bits per heavy atom. The molecule has 1 fully saturated rings. The predicted molar refractivity (Wildman–Crippen MR) is 139 cm³/mol. The normalized spacial score (nSPS) is 17.8. The lowest BCUT2D eigenvalue weighted by atomic mass is 9.86. The average molecular weight is 490 g/mol. The van der Waals surface area contributed by atoms with Gasteiger partial charge in [0.25, 0.3) is 5.91 Å². The van der Waals surface area contributed by atoms with Gasteiger partial charge in [0.2, 0.25) is 5.91 Å². The third kappa shape index (κ3) is 5.68. The van der Waals surface area contributed by atoms with Gasteiger partial charge >= 0.3 is 0 Å². The van der Waals surface area contributed by atoms with Crippen molar-refractivity contribution in [2.45, 2.75) is 44.1 Å². The summed E-state index contributed by atoms with van der Waals surface area (Å²) in [5.74, 6) is 0.852. The number of ether oxygens (including phenoxy) is 1. The lowest BCUT2D eigenvalue weighted by Gasteiger charge is -2.30. The molecule has 2 aromatic carbocycles. The Hall–Kier alpha value is -3.32. The van der Waals surface area contributed by atoms with Crippen LogP contribution >= 0.6 is 11.8 Å². The van der Waals surface area contributed by atoms with Gasteiger partial charge in [0, 0.05) is 30.3 Å². The van der Waals surface area contributed by atoms with Crippen molar-refractivity contribution in [3.63, 3.8) is 0 Å². The van der Waals surface area contributed by atoms with E-state index in [0.717, 1.165) is 11.1 Å². The van der Waals surface area contributed by atoms with Crippen LogP contribution in [-0.2, 0) is 16.8 Å². The molecular weight excluding hydrogens is 458 g/mol. The minimum atomic E-state index is -0.585. The number of hydrogen-bond donors (Lipinski definition) is 1. The van der Waals surface area contributed by atoms with Gasteiger partial charge in [-0.15, -0.1) is 11.8 Å². The summed E-state index contributed by atoms with van der Waals surface area (Å²) >= 11 is 1.61. The highest BCUT2D eigenvalue weighted by Crippen LogP contribution is 2.43. The Balaban J connectivity index is 1.61. The number of nitrogens with one attached hydrogen (secondary N) is 1. The Morgan fingerprint density at radius 2 is 1.80 bits per heavy atom. The topological polar surface area (TPSA) is 71.5 Å². The van der Waals surface area contributed by atoms with Crippen LogP contribution in [-0.4, -0.2) is 40.6 Å². The molecule has 3 aromatic rings. The van der Waals surface area contributed by atoms with E-state index in [1.54, 1.807) is 60.4 Å². The molecule has 2 atom stereocenters. The second kappa shape index (κ2) is 10.5. The largest absolute Gasteiger partial charge is 0.497 e. The zero-order valence-corrected chi connectivity index (χ0v) is 21.3. The molecule has 2 unspecified atom stereocenters. The number of nitrogens with zero attached hydrogens (tertiary/aromatic N) is 2. The number of methoxy groups -OCH3 is 1. The SMILES string of the molecule is COc1ccc(C(=O)N2C(C(=O)NCc3cccnc3)CSC2c2ccc(C(C)(C)C)cc2)cc1. The Morgan fingerprint density at radius 3 is 2.40 bits per heavy atom. The van der Waals surface area contributed by atoms with Crippen LogP contribution in [0.1, 0.15) is 53.2 Å². The fourth-order valence-corrected chi connectivity index (χ4v) is 5.48. The maximum absolute atomic E-state index is 13.7. The molecule has 0 aliphatic carbocycles. The molecule has 1 aliphatic heterocycles. The van der Waals surface area contributed by atoms with Crippen LogP contribution in [0.5, 0.6) is 5.75 Å². The monoisotopic (exact) mass is 489 g/mol. The van der Waals surface area contributed by atoms with Gasteiger partial charge in [-0.1, -0.05) is 51.1 Å². The minimum Gasteiger partial charge on any atom is -0.497 e. The number of hydrogen-bond acceptors (Lipinski definition) is 5. The molecule has 1 N–H and O–H groups in total. The standard InChI is InChI=1S/C28H31N3O3S/c1-28(2,3)22-11-7-21(8-12-22)27-31(26(33)20-9-13-23(34-4)14-10-20)24(18-35-27)25(32)30-17-19-6-5-15-29-16-19/h5-16,24,27H,17-18H2,1-4H3,(H,30,32). The predicted octanol–water partition coefficient (Wildman–Crippen LogP) is 4.96. The summed E-state index contributed by atoms with van der Waals surface area (Å²) in [6.07, 6.45) is 3.42. The van der Waals surface area contributed by atoms with Gasteiger partial charge in [0.15, 0.2) is 0 Å². The van der Waals surface area contributed by atoms with Gasteiger partial charge in [-0.2, -0.15) is 0 Å². The summed E-state index contributed by atoms with van der Waals surface area (Å²) in [5.41, 5.74) is 3.70. The molecule has 1 aromatic heterocycles. The van der Waals surface area contributed by atoms with E-state index in [4.69, 9.17) is 4.74 Å². The van der Waals surface area contributed by atoms with E-state index in [9.17, 15) is 9.59 Å². The van der Waals surface area contributed by atoms with E-state index in [-0.39, 0.29) is 22.6 Å². The third-order valence-electron chi connectivity index (χ3n) is 6.13. The molecule has 7 heteroatoms. The van der Waals surface area contributed by atoms with E-state index in [1.807, 2.05) is 12.1 Å². The van der Waals surface area contributed by atoms with Gasteiger partial charge < -0.3 is 15.0 Å². The van der Waals surface area contributed by atoms with E-state index in [2.05, 4.69) is 55.3 Å². The van der Waals surface area contributed by atoms with Crippen LogP contribution in [0.25, 0.3) is 0 Å². The van der Waals surface area contributed by atoms with Crippen molar-refractivity contribution in [1.82, 2.24) is 15.2 Å². The van der Waals surface area contributed by atoms with Crippen LogP contribution in [0.3, 0.4) is 0 Å². The number of pyridine rings is 1. The maximum Gasteiger partial charge on any atom is 0.255 e. The second-order valence-corrected chi connectivity index (χ2v) is 10.7. The highest BCUT2D eigenvalue weighted by atomic mass is 32.2. The molecule has 1 aliphatic rings. The van der Waals surface area contributed by atoms with Crippen molar-refractivity contribution in [1.29, 1.82) is 0 Å². The van der Waals surface area contributed by atoms with Crippen LogP contribution in [0, 0.1) is 0 Å². The lowest BCUT2D eigenvalue weighted by molar-refractivity contribution is -0.125. The van der Waals surface area contributed by atoms with Crippen molar-refractivity contribution < 1.29 is 14.3 Å². The van der Waals surface area contributed by atoms with Crippen molar-refractivity contribution in [3.8, 4) is 5.75 Å². The molecule has 0 radical (unpaired) electrons. The quantitative estimate of drug-likeness (QED) is 0.530. The van der Waals surface area contributed by atoms with Crippen molar-refractivity contribution in [2.75, 3.05) is 12.9 Å². The van der Waals surface area contributed by atoms with Gasteiger partial charge in [-0.3, -0.25) is 14.6 Å². The van der Waals surface area contributed by atoms with Gasteiger partial charge in [-0.05, 0) is 52.4 Å². The first-order valence-corrected chi connectivity index (χ1v) is 12.7. The van der Waals surface area contributed by atoms with E-state index in [1.165, 1.54) is 5.56 Å². The number of benzene rings is 2. The van der Waals surface area contributed by atoms with Gasteiger partial charge in [0.1, 0.15) is 17.2 Å². The molecule has 6 nitrogen and oxygen atoms in total. The Bertz CT molecular complexity index is 1160. The summed E-state index contributed by atoms with van der Waals surface area (Å²) in [7, 11) is 1.59. The van der Waals surface area contributed by atoms with Crippen molar-refractivity contribution in [2.24, 2.45) is 0 Å². The summed E-state index contributed by atoms with van der Waals surface area (Å²) in [6, 6.07) is 18.6. The van der Waals surface area contributed by atoms with Crippen LogP contribution in [0.2, 0.25) is 0 Å². The van der Waals surface area contributed by atoms with E-state index >= 15 is 0 Å². The van der Waals surface area contributed by atoms with Crippen LogP contribution < -0.4 is 10.1 Å². The third-order valence-corrected chi connectivity index (χ3v) is 7.45. The zero-order chi connectivity index (χ0) is 25.0. The summed E-state index contributed by atoms with van der Waals surface area (Å²) in [5, 5.41) is 2.73. The molecule has 4 rings (SSSR count). The highest BCUT2D eigenvalue weighted by Gasteiger charge is 2.42. The molecule has 182 valence electrons. The molecule has 0 spiro atoms. The number of thioether (sulfide) groups is 1. The molecule has 2 amide bonds. The molecule has 0 bridgehead atoms. The van der Waals surface area contributed by atoms with Crippen molar-refractivity contribution >= 4 is 23.6 Å². The van der Waals surface area contributed by atoms with Crippen LogP contribution in [0.15, 0.2) is 73.1 Å². The summed E-state index contributed by atoms with van der Waals surface area (Å²) in [6.45, 7) is 6.89. The highest BCUT2D eigenvalue weighted by molar-refractivity contribution is 7.99. The number of carbonyl (C=O) groups excluding carboxylic acids is 2. The molecule has 1 saturated heterocycles. The number of amides is 2. The van der Waals surface area contributed by atoms with Gasteiger partial charge in [0.05, 0.1) is 7.11 Å². The average Bonchev–Trinajstić information content (AvgIpc) is 3.32. The van der Waals surface area contributed by atoms with E-state index < -0.39 is 6.04 Å². The number of aromatic nitrogens is 1. The fourth-order valence-electron chi connectivity index (χ4n) is 4.05.